The molecule has 0 unspecified atom stereocenters. The van der Waals surface area contributed by atoms with Crippen LogP contribution in [0.4, 0.5) is 0 Å². The first-order valence-corrected chi connectivity index (χ1v) is 8.04. The Morgan fingerprint density at radius 3 is 2.64 bits per heavy atom. The Balaban J connectivity index is 2.45. The third-order valence-corrected chi connectivity index (χ3v) is 4.10. The average Bonchev–Trinajstić information content (AvgIpc) is 2.57. The van der Waals surface area contributed by atoms with Gasteiger partial charge in [-0.15, -0.1) is 0 Å². The van der Waals surface area contributed by atoms with Crippen molar-refractivity contribution in [1.82, 2.24) is 4.57 Å². The van der Waals surface area contributed by atoms with Gasteiger partial charge in [-0.05, 0) is 31.2 Å². The molecular formula is C18H16ClNO5. The Hall–Kier alpha value is -2.57. The average molecular weight is 362 g/mol. The lowest BCUT2D eigenvalue weighted by Gasteiger charge is -2.18. The largest absolute Gasteiger partial charge is 0.487 e. The minimum atomic E-state index is -1.06. The molecule has 0 aliphatic carbocycles. The maximum Gasteiger partial charge on any atom is 0.323 e. The normalized spacial score (nSPS) is 12.4. The number of halogens is 1. The van der Waals surface area contributed by atoms with Gasteiger partial charge in [0.05, 0.1) is 27.5 Å². The van der Waals surface area contributed by atoms with Crippen LogP contribution in [0.3, 0.4) is 0 Å². The number of fused-ring (bicyclic) bond motifs is 2. The van der Waals surface area contributed by atoms with Crippen LogP contribution in [0.25, 0.3) is 21.8 Å². The van der Waals surface area contributed by atoms with Gasteiger partial charge >= 0.3 is 5.97 Å². The first-order chi connectivity index (χ1) is 11.9. The number of ether oxygens (including phenoxy) is 1. The van der Waals surface area contributed by atoms with E-state index in [-0.39, 0.29) is 29.4 Å². The summed E-state index contributed by atoms with van der Waals surface area (Å²) in [6, 6.07) is 9.87. The van der Waals surface area contributed by atoms with Gasteiger partial charge in [0.1, 0.15) is 13.2 Å². The molecule has 0 amide bonds. The summed E-state index contributed by atoms with van der Waals surface area (Å²) in [6.07, 6.45) is -0.744. The Morgan fingerprint density at radius 1 is 1.24 bits per heavy atom. The zero-order chi connectivity index (χ0) is 18.1. The quantitative estimate of drug-likeness (QED) is 0.682. The molecule has 1 atom stereocenters. The second-order valence-corrected chi connectivity index (χ2v) is 6.17. The third kappa shape index (κ3) is 3.18. The topological polar surface area (TPSA) is 88.8 Å². The molecule has 25 heavy (non-hydrogen) atoms. The molecule has 0 bridgehead atoms. The van der Waals surface area contributed by atoms with Gasteiger partial charge in [0.25, 0.3) is 0 Å². The van der Waals surface area contributed by atoms with Crippen molar-refractivity contribution >= 4 is 39.4 Å². The van der Waals surface area contributed by atoms with Gasteiger partial charge in [-0.1, -0.05) is 23.7 Å². The summed E-state index contributed by atoms with van der Waals surface area (Å²) in [5.74, 6) is -0.874. The molecule has 0 spiro atoms. The lowest BCUT2D eigenvalue weighted by molar-refractivity contribution is -0.137. The van der Waals surface area contributed by atoms with E-state index in [1.807, 2.05) is 0 Å². The molecule has 7 heteroatoms. The number of rotatable bonds is 5. The van der Waals surface area contributed by atoms with E-state index in [9.17, 15) is 19.8 Å². The number of benzene rings is 2. The SMILES string of the molecule is C[C@H](O)COc1c(Cl)ccc2c(=O)c3ccccc3n(CC(=O)O)c12. The van der Waals surface area contributed by atoms with Gasteiger partial charge < -0.3 is 19.5 Å². The number of hydrogen-bond acceptors (Lipinski definition) is 4. The summed E-state index contributed by atoms with van der Waals surface area (Å²) in [6.45, 7) is 1.16. The first kappa shape index (κ1) is 17.3. The number of carbonyl (C=O) groups is 1. The summed E-state index contributed by atoms with van der Waals surface area (Å²) >= 11 is 6.23. The van der Waals surface area contributed by atoms with Gasteiger partial charge in [0, 0.05) is 5.39 Å². The smallest absolute Gasteiger partial charge is 0.323 e. The number of nitrogens with zero attached hydrogens (tertiary/aromatic N) is 1. The van der Waals surface area contributed by atoms with Crippen molar-refractivity contribution in [3.05, 3.63) is 51.6 Å². The predicted octanol–water partition coefficient (Wildman–Crippen LogP) is 2.65. The fraction of sp³-hybridized carbons (Fsp3) is 0.222. The first-order valence-electron chi connectivity index (χ1n) is 7.66. The van der Waals surface area contributed by atoms with Crippen molar-refractivity contribution < 1.29 is 19.7 Å². The van der Waals surface area contributed by atoms with Crippen molar-refractivity contribution in [3.8, 4) is 5.75 Å². The van der Waals surface area contributed by atoms with E-state index in [0.29, 0.717) is 21.8 Å². The summed E-state index contributed by atoms with van der Waals surface area (Å²) in [7, 11) is 0. The van der Waals surface area contributed by atoms with Crippen molar-refractivity contribution in [2.45, 2.75) is 19.6 Å². The lowest BCUT2D eigenvalue weighted by atomic mass is 10.1. The Morgan fingerprint density at radius 2 is 1.96 bits per heavy atom. The Labute approximate surface area is 147 Å². The van der Waals surface area contributed by atoms with Crippen molar-refractivity contribution in [2.24, 2.45) is 0 Å². The molecule has 6 nitrogen and oxygen atoms in total. The standard InChI is InChI=1S/C18H16ClNO5/c1-10(21)9-25-18-13(19)7-6-12-16(18)20(8-15(22)23)14-5-3-2-4-11(14)17(12)24/h2-7,10,21H,8-9H2,1H3,(H,22,23)/t10-/m0/s1. The monoisotopic (exact) mass is 361 g/mol. The second kappa shape index (κ2) is 6.74. The second-order valence-electron chi connectivity index (χ2n) is 5.76. The number of para-hydroxylation sites is 1. The highest BCUT2D eigenvalue weighted by Gasteiger charge is 2.19. The highest BCUT2D eigenvalue weighted by Crippen LogP contribution is 2.34. The van der Waals surface area contributed by atoms with Gasteiger partial charge in [0.15, 0.2) is 11.2 Å². The number of aliphatic carboxylic acids is 1. The number of hydrogen-bond donors (Lipinski definition) is 2. The summed E-state index contributed by atoms with van der Waals surface area (Å²) in [5, 5.41) is 19.8. The number of carboxylic acids is 1. The van der Waals surface area contributed by atoms with E-state index >= 15 is 0 Å². The molecule has 0 aliphatic heterocycles. The van der Waals surface area contributed by atoms with Crippen LogP contribution in [-0.2, 0) is 11.3 Å². The molecule has 0 aliphatic rings. The van der Waals surface area contributed by atoms with E-state index in [2.05, 4.69) is 0 Å². The van der Waals surface area contributed by atoms with E-state index in [1.54, 1.807) is 37.3 Å². The molecule has 0 radical (unpaired) electrons. The van der Waals surface area contributed by atoms with Crippen LogP contribution in [0, 0.1) is 0 Å². The minimum Gasteiger partial charge on any atom is -0.487 e. The van der Waals surface area contributed by atoms with E-state index < -0.39 is 12.1 Å². The molecule has 0 fully saturated rings. The Bertz CT molecular complexity index is 1030. The molecule has 0 saturated carbocycles. The van der Waals surface area contributed by atoms with Crippen LogP contribution in [0.5, 0.6) is 5.75 Å². The minimum absolute atomic E-state index is 0.0348. The van der Waals surface area contributed by atoms with E-state index in [1.165, 1.54) is 10.6 Å². The number of pyridine rings is 1. The fourth-order valence-electron chi connectivity index (χ4n) is 2.81. The molecule has 2 N–H and O–H groups in total. The molecule has 1 aromatic heterocycles. The van der Waals surface area contributed by atoms with Gasteiger partial charge in [-0.25, -0.2) is 0 Å². The van der Waals surface area contributed by atoms with Gasteiger partial charge in [-0.3, -0.25) is 9.59 Å². The molecule has 0 saturated heterocycles. The number of carboxylic acid groups (broad SMARTS) is 1. The lowest BCUT2D eigenvalue weighted by Crippen LogP contribution is -2.18. The molecule has 130 valence electrons. The highest BCUT2D eigenvalue weighted by atomic mass is 35.5. The van der Waals surface area contributed by atoms with E-state index in [4.69, 9.17) is 16.3 Å². The maximum atomic E-state index is 12.8. The van der Waals surface area contributed by atoms with Crippen LogP contribution >= 0.6 is 11.6 Å². The van der Waals surface area contributed by atoms with Crippen molar-refractivity contribution in [3.63, 3.8) is 0 Å². The van der Waals surface area contributed by atoms with Crippen molar-refractivity contribution in [2.75, 3.05) is 6.61 Å². The molecule has 1 heterocycles. The third-order valence-electron chi connectivity index (χ3n) is 3.80. The summed E-state index contributed by atoms with van der Waals surface area (Å²) in [4.78, 5) is 24.2. The van der Waals surface area contributed by atoms with Crippen molar-refractivity contribution in [1.29, 1.82) is 0 Å². The Kier molecular flexibility index (Phi) is 4.65. The number of aromatic nitrogens is 1. The number of aliphatic hydroxyl groups is 1. The van der Waals surface area contributed by atoms with Crippen LogP contribution < -0.4 is 10.2 Å². The molecular weight excluding hydrogens is 346 g/mol. The van der Waals surface area contributed by atoms with Crippen LogP contribution in [-0.4, -0.2) is 33.5 Å². The summed E-state index contributed by atoms with van der Waals surface area (Å²) in [5.41, 5.74) is 0.552. The fourth-order valence-corrected chi connectivity index (χ4v) is 3.01. The predicted molar refractivity (Wildman–Crippen MR) is 95.5 cm³/mol. The highest BCUT2D eigenvalue weighted by molar-refractivity contribution is 6.33. The molecule has 3 rings (SSSR count). The van der Waals surface area contributed by atoms with Crippen LogP contribution in [0.1, 0.15) is 6.92 Å². The van der Waals surface area contributed by atoms with Gasteiger partial charge in [-0.2, -0.15) is 0 Å². The maximum absolute atomic E-state index is 12.8. The van der Waals surface area contributed by atoms with Crippen LogP contribution in [0.15, 0.2) is 41.2 Å². The van der Waals surface area contributed by atoms with Crippen LogP contribution in [0.2, 0.25) is 5.02 Å². The van der Waals surface area contributed by atoms with E-state index in [0.717, 1.165) is 0 Å². The zero-order valence-corrected chi connectivity index (χ0v) is 14.2. The van der Waals surface area contributed by atoms with Gasteiger partial charge in [0.2, 0.25) is 0 Å². The zero-order valence-electron chi connectivity index (χ0n) is 13.4. The summed E-state index contributed by atoms with van der Waals surface area (Å²) < 4.78 is 7.10. The molecule has 3 aromatic rings. The molecule has 2 aromatic carbocycles. The number of aliphatic hydroxyl groups excluding tert-OH is 1.